The van der Waals surface area contributed by atoms with Crippen molar-refractivity contribution in [3.8, 4) is 11.3 Å². The summed E-state index contributed by atoms with van der Waals surface area (Å²) in [6.07, 6.45) is 6.19. The van der Waals surface area contributed by atoms with E-state index in [9.17, 15) is 0 Å². The zero-order valence-corrected chi connectivity index (χ0v) is 13.1. The maximum absolute atomic E-state index is 4.39. The normalized spacial score (nSPS) is 15.0. The van der Waals surface area contributed by atoms with Crippen molar-refractivity contribution in [1.82, 2.24) is 14.5 Å². The molecule has 1 aromatic carbocycles. The van der Waals surface area contributed by atoms with Crippen LogP contribution in [0.4, 0.5) is 5.69 Å². The van der Waals surface area contributed by atoms with Crippen LogP contribution in [0.15, 0.2) is 30.7 Å². The second-order valence-corrected chi connectivity index (χ2v) is 6.14. The summed E-state index contributed by atoms with van der Waals surface area (Å²) >= 11 is 0. The molecule has 0 spiro atoms. The first kappa shape index (κ1) is 14.1. The predicted octanol–water partition coefficient (Wildman–Crippen LogP) is 3.03. The van der Waals surface area contributed by atoms with E-state index in [4.69, 9.17) is 0 Å². The Morgan fingerprint density at radius 2 is 2.24 bits per heavy atom. The van der Waals surface area contributed by atoms with Gasteiger partial charge in [0.1, 0.15) is 0 Å². The highest BCUT2D eigenvalue weighted by Gasteiger charge is 2.18. The number of hydrogen-bond acceptors (Lipinski definition) is 3. The second kappa shape index (κ2) is 5.90. The Balaban J connectivity index is 1.91. The molecule has 0 radical (unpaired) electrons. The number of rotatable bonds is 5. The molecule has 0 saturated heterocycles. The highest BCUT2D eigenvalue weighted by Crippen LogP contribution is 2.35. The van der Waals surface area contributed by atoms with E-state index in [-0.39, 0.29) is 0 Å². The molecule has 0 aliphatic carbocycles. The lowest BCUT2D eigenvalue weighted by Gasteiger charge is -2.20. The van der Waals surface area contributed by atoms with Gasteiger partial charge in [-0.15, -0.1) is 0 Å². The highest BCUT2D eigenvalue weighted by atomic mass is 15.1. The van der Waals surface area contributed by atoms with Gasteiger partial charge >= 0.3 is 0 Å². The largest absolute Gasteiger partial charge is 0.384 e. The molecule has 0 bridgehead atoms. The van der Waals surface area contributed by atoms with Crippen molar-refractivity contribution in [2.24, 2.45) is 0 Å². The Bertz CT molecular complexity index is 615. The average Bonchev–Trinajstić information content (AvgIpc) is 3.12. The van der Waals surface area contributed by atoms with Crippen LogP contribution in [0.2, 0.25) is 0 Å². The number of benzene rings is 1. The van der Waals surface area contributed by atoms with Gasteiger partial charge < -0.3 is 14.8 Å². The Morgan fingerprint density at radius 1 is 1.38 bits per heavy atom. The van der Waals surface area contributed by atoms with Crippen LogP contribution in [0, 0.1) is 0 Å². The van der Waals surface area contributed by atoms with E-state index in [0.29, 0.717) is 6.04 Å². The molecule has 2 aromatic rings. The fraction of sp³-hybridized carbons (Fsp3) is 0.471. The number of aromatic nitrogens is 2. The molecule has 1 aliphatic rings. The highest BCUT2D eigenvalue weighted by molar-refractivity contribution is 5.79. The number of hydrogen-bond donors (Lipinski definition) is 1. The van der Waals surface area contributed by atoms with Gasteiger partial charge in [-0.1, -0.05) is 18.2 Å². The molecule has 1 atom stereocenters. The van der Waals surface area contributed by atoms with Gasteiger partial charge in [-0.3, -0.25) is 0 Å². The molecule has 1 aromatic heterocycles. The van der Waals surface area contributed by atoms with Crippen molar-refractivity contribution in [1.29, 1.82) is 0 Å². The molecule has 3 rings (SSSR count). The van der Waals surface area contributed by atoms with Crippen molar-refractivity contribution in [2.45, 2.75) is 25.8 Å². The third-order valence-electron chi connectivity index (χ3n) is 4.26. The molecule has 112 valence electrons. The van der Waals surface area contributed by atoms with E-state index in [0.717, 1.165) is 25.9 Å². The van der Waals surface area contributed by atoms with E-state index < -0.39 is 0 Å². The van der Waals surface area contributed by atoms with Crippen LogP contribution in [-0.2, 0) is 6.42 Å². The molecule has 4 nitrogen and oxygen atoms in total. The predicted molar refractivity (Wildman–Crippen MR) is 87.7 cm³/mol. The summed E-state index contributed by atoms with van der Waals surface area (Å²) in [5, 5.41) is 3.52. The van der Waals surface area contributed by atoms with Crippen LogP contribution in [-0.4, -0.2) is 41.6 Å². The first-order chi connectivity index (χ1) is 10.2. The Morgan fingerprint density at radius 3 is 3.05 bits per heavy atom. The van der Waals surface area contributed by atoms with Crippen molar-refractivity contribution < 1.29 is 0 Å². The lowest BCUT2D eigenvalue weighted by Crippen LogP contribution is -2.17. The molecule has 21 heavy (non-hydrogen) atoms. The Hall–Kier alpha value is -1.81. The average molecular weight is 284 g/mol. The fourth-order valence-electron chi connectivity index (χ4n) is 3.00. The number of nitrogens with zero attached hydrogens (tertiary/aromatic N) is 3. The molecule has 4 heteroatoms. The first-order valence-corrected chi connectivity index (χ1v) is 7.69. The summed E-state index contributed by atoms with van der Waals surface area (Å²) in [5.41, 5.74) is 5.20. The summed E-state index contributed by atoms with van der Waals surface area (Å²) in [5.74, 6) is 0. The minimum absolute atomic E-state index is 0.446. The van der Waals surface area contributed by atoms with Crippen LogP contribution in [0.25, 0.3) is 11.3 Å². The topological polar surface area (TPSA) is 33.1 Å². The minimum atomic E-state index is 0.446. The Labute approximate surface area is 126 Å². The maximum atomic E-state index is 4.39. The number of para-hydroxylation sites is 1. The molecule has 0 amide bonds. The SMILES string of the molecule is CC(CCN(C)C)n1cncc1-c1cccc2c1NCC2. The van der Waals surface area contributed by atoms with E-state index in [1.165, 1.54) is 22.5 Å². The van der Waals surface area contributed by atoms with Crippen molar-refractivity contribution in [3.63, 3.8) is 0 Å². The van der Waals surface area contributed by atoms with Gasteiger partial charge in [-0.25, -0.2) is 4.98 Å². The lowest BCUT2D eigenvalue weighted by atomic mass is 10.0. The lowest BCUT2D eigenvalue weighted by molar-refractivity contribution is 0.359. The monoisotopic (exact) mass is 284 g/mol. The minimum Gasteiger partial charge on any atom is -0.384 e. The summed E-state index contributed by atoms with van der Waals surface area (Å²) in [6.45, 7) is 4.39. The number of fused-ring (bicyclic) bond motifs is 1. The maximum Gasteiger partial charge on any atom is 0.0953 e. The van der Waals surface area contributed by atoms with Gasteiger partial charge in [-0.05, 0) is 46.0 Å². The van der Waals surface area contributed by atoms with Crippen molar-refractivity contribution in [2.75, 3.05) is 32.5 Å². The number of anilines is 1. The molecule has 0 saturated carbocycles. The van der Waals surface area contributed by atoms with Crippen LogP contribution >= 0.6 is 0 Å². The van der Waals surface area contributed by atoms with Gasteiger partial charge in [0, 0.05) is 23.8 Å². The molecule has 1 aliphatic heterocycles. The molecule has 2 heterocycles. The molecular weight excluding hydrogens is 260 g/mol. The smallest absolute Gasteiger partial charge is 0.0953 e. The summed E-state index contributed by atoms with van der Waals surface area (Å²) in [7, 11) is 4.24. The molecule has 1 unspecified atom stereocenters. The summed E-state index contributed by atoms with van der Waals surface area (Å²) in [6, 6.07) is 7.02. The van der Waals surface area contributed by atoms with Gasteiger partial charge in [0.25, 0.3) is 0 Å². The van der Waals surface area contributed by atoms with Gasteiger partial charge in [0.15, 0.2) is 0 Å². The van der Waals surface area contributed by atoms with Crippen LogP contribution < -0.4 is 5.32 Å². The van der Waals surface area contributed by atoms with Crippen LogP contribution in [0.3, 0.4) is 0 Å². The summed E-state index contributed by atoms with van der Waals surface area (Å²) < 4.78 is 2.30. The van der Waals surface area contributed by atoms with Crippen molar-refractivity contribution >= 4 is 5.69 Å². The van der Waals surface area contributed by atoms with E-state index in [1.807, 2.05) is 12.5 Å². The quantitative estimate of drug-likeness (QED) is 0.916. The zero-order chi connectivity index (χ0) is 14.8. The fourth-order valence-corrected chi connectivity index (χ4v) is 3.00. The standard InChI is InChI=1S/C17H24N4/c1-13(8-10-20(2)3)21-12-18-11-16(21)15-6-4-5-14-7-9-19-17(14)15/h4-6,11-13,19H,7-10H2,1-3H3. The third-order valence-corrected chi connectivity index (χ3v) is 4.26. The third kappa shape index (κ3) is 2.81. The van der Waals surface area contributed by atoms with E-state index in [2.05, 4.69) is 59.0 Å². The van der Waals surface area contributed by atoms with E-state index in [1.54, 1.807) is 0 Å². The van der Waals surface area contributed by atoms with Gasteiger partial charge in [-0.2, -0.15) is 0 Å². The molecular formula is C17H24N4. The number of imidazole rings is 1. The van der Waals surface area contributed by atoms with Gasteiger partial charge in [0.2, 0.25) is 0 Å². The van der Waals surface area contributed by atoms with Crippen LogP contribution in [0.1, 0.15) is 24.9 Å². The number of nitrogens with one attached hydrogen (secondary N) is 1. The molecule has 1 N–H and O–H groups in total. The van der Waals surface area contributed by atoms with Gasteiger partial charge in [0.05, 0.1) is 18.2 Å². The first-order valence-electron chi connectivity index (χ1n) is 7.69. The van der Waals surface area contributed by atoms with Crippen LogP contribution in [0.5, 0.6) is 0 Å². The van der Waals surface area contributed by atoms with E-state index >= 15 is 0 Å². The Kier molecular flexibility index (Phi) is 3.97. The van der Waals surface area contributed by atoms with Crippen molar-refractivity contribution in [3.05, 3.63) is 36.3 Å². The summed E-state index contributed by atoms with van der Waals surface area (Å²) in [4.78, 5) is 6.62. The molecule has 0 fully saturated rings. The second-order valence-electron chi connectivity index (χ2n) is 6.14. The zero-order valence-electron chi connectivity index (χ0n) is 13.1.